The maximum atomic E-state index is 12.5. The second kappa shape index (κ2) is 7.29. The molecule has 0 atom stereocenters. The average molecular weight is 393 g/mol. The summed E-state index contributed by atoms with van der Waals surface area (Å²) in [7, 11) is 1.62. The van der Waals surface area contributed by atoms with E-state index in [2.05, 4.69) is 44.0 Å². The van der Waals surface area contributed by atoms with E-state index < -0.39 is 0 Å². The Morgan fingerprint density at radius 1 is 1.30 bits per heavy atom. The molecule has 0 spiro atoms. The Hall–Kier alpha value is -1.63. The zero-order valence-electron chi connectivity index (χ0n) is 12.7. The summed E-state index contributed by atoms with van der Waals surface area (Å²) in [5.74, 6) is -0.0718. The van der Waals surface area contributed by atoms with Crippen molar-refractivity contribution in [1.29, 1.82) is 0 Å². The molecule has 6 heteroatoms. The lowest BCUT2D eigenvalue weighted by Gasteiger charge is -2.11. The lowest BCUT2D eigenvalue weighted by molar-refractivity contribution is 0.0929. The molecule has 0 aliphatic rings. The van der Waals surface area contributed by atoms with Crippen molar-refractivity contribution in [1.82, 2.24) is 9.88 Å². The number of fused-ring (bicyclic) bond motifs is 1. The second-order valence-corrected chi connectivity index (χ2v) is 7.61. The number of carbonyl (C=O) groups is 1. The van der Waals surface area contributed by atoms with Crippen molar-refractivity contribution < 1.29 is 9.53 Å². The highest BCUT2D eigenvalue weighted by molar-refractivity contribution is 9.11. The summed E-state index contributed by atoms with van der Waals surface area (Å²) in [6.45, 7) is 1.68. The third kappa shape index (κ3) is 3.65. The van der Waals surface area contributed by atoms with Gasteiger partial charge in [0.05, 0.1) is 20.6 Å². The van der Waals surface area contributed by atoms with Crippen LogP contribution in [0.5, 0.6) is 0 Å². The summed E-state index contributed by atoms with van der Waals surface area (Å²) in [5.41, 5.74) is 2.92. The van der Waals surface area contributed by atoms with Crippen molar-refractivity contribution in [3.8, 4) is 0 Å². The van der Waals surface area contributed by atoms with Gasteiger partial charge in [0.1, 0.15) is 5.69 Å². The molecule has 1 amide bonds. The Kier molecular flexibility index (Phi) is 5.15. The summed E-state index contributed by atoms with van der Waals surface area (Å²) >= 11 is 5.16. The minimum absolute atomic E-state index is 0.0718. The molecule has 0 aliphatic heterocycles. The Morgan fingerprint density at radius 2 is 2.09 bits per heavy atom. The zero-order chi connectivity index (χ0) is 16.2. The van der Waals surface area contributed by atoms with Gasteiger partial charge in [-0.05, 0) is 33.6 Å². The van der Waals surface area contributed by atoms with E-state index in [-0.39, 0.29) is 5.91 Å². The highest BCUT2D eigenvalue weighted by Gasteiger charge is 2.17. The highest BCUT2D eigenvalue weighted by Crippen LogP contribution is 2.33. The molecule has 120 valence electrons. The first-order valence-electron chi connectivity index (χ1n) is 7.28. The first kappa shape index (κ1) is 16.2. The van der Waals surface area contributed by atoms with Crippen LogP contribution in [0.2, 0.25) is 0 Å². The molecule has 2 aromatic heterocycles. The number of ether oxygens (including phenoxy) is 1. The number of hydrogen-bond donors (Lipinski definition) is 1. The van der Waals surface area contributed by atoms with E-state index >= 15 is 0 Å². The van der Waals surface area contributed by atoms with Gasteiger partial charge in [0.2, 0.25) is 0 Å². The first-order valence-corrected chi connectivity index (χ1v) is 8.89. The van der Waals surface area contributed by atoms with Gasteiger partial charge >= 0.3 is 0 Å². The molecule has 0 fully saturated rings. The number of hydrogen-bond acceptors (Lipinski definition) is 3. The normalized spacial score (nSPS) is 11.0. The quantitative estimate of drug-likeness (QED) is 0.646. The Balaban J connectivity index is 1.95. The topological polar surface area (TPSA) is 43.3 Å². The molecule has 1 N–H and O–H groups in total. The van der Waals surface area contributed by atoms with Crippen LogP contribution in [-0.4, -0.2) is 30.7 Å². The lowest BCUT2D eigenvalue weighted by Crippen LogP contribution is -2.29. The van der Waals surface area contributed by atoms with Crippen LogP contribution >= 0.6 is 27.3 Å². The monoisotopic (exact) mass is 392 g/mol. The van der Waals surface area contributed by atoms with E-state index in [9.17, 15) is 4.79 Å². The molecule has 4 nitrogen and oxygen atoms in total. The third-order valence-corrected chi connectivity index (χ3v) is 5.14. The predicted octanol–water partition coefficient (Wildman–Crippen LogP) is 3.89. The maximum Gasteiger partial charge on any atom is 0.268 e. The Labute approximate surface area is 147 Å². The molecule has 0 aliphatic carbocycles. The van der Waals surface area contributed by atoms with Gasteiger partial charge in [0.25, 0.3) is 5.91 Å². The number of methoxy groups -OCH3 is 1. The van der Waals surface area contributed by atoms with Crippen molar-refractivity contribution in [2.45, 2.75) is 6.54 Å². The van der Waals surface area contributed by atoms with Gasteiger partial charge in [0, 0.05) is 20.2 Å². The van der Waals surface area contributed by atoms with Crippen molar-refractivity contribution in [3.05, 3.63) is 57.5 Å². The smallest absolute Gasteiger partial charge is 0.268 e. The molecule has 1 aromatic carbocycles. The van der Waals surface area contributed by atoms with Crippen LogP contribution in [0.4, 0.5) is 0 Å². The van der Waals surface area contributed by atoms with Crippen LogP contribution in [0, 0.1) is 0 Å². The Morgan fingerprint density at radius 3 is 2.83 bits per heavy atom. The number of benzene rings is 1. The van der Waals surface area contributed by atoms with E-state index in [4.69, 9.17) is 4.74 Å². The third-order valence-electron chi connectivity index (χ3n) is 3.57. The molecule has 0 radical (unpaired) electrons. The van der Waals surface area contributed by atoms with Crippen LogP contribution in [0.3, 0.4) is 0 Å². The van der Waals surface area contributed by atoms with Crippen molar-refractivity contribution in [2.75, 3.05) is 20.3 Å². The van der Waals surface area contributed by atoms with E-state index in [1.54, 1.807) is 18.4 Å². The first-order chi connectivity index (χ1) is 11.2. The zero-order valence-corrected chi connectivity index (χ0v) is 15.1. The highest BCUT2D eigenvalue weighted by atomic mass is 79.9. The number of aromatic nitrogens is 1. The van der Waals surface area contributed by atoms with Gasteiger partial charge in [-0.3, -0.25) is 4.79 Å². The fourth-order valence-electron chi connectivity index (χ4n) is 2.49. The fourth-order valence-corrected chi connectivity index (χ4v) is 4.06. The molecule has 3 aromatic rings. The van der Waals surface area contributed by atoms with Crippen LogP contribution in [0.1, 0.15) is 16.1 Å². The average Bonchev–Trinajstić information content (AvgIpc) is 3.06. The van der Waals surface area contributed by atoms with E-state index in [0.29, 0.717) is 25.4 Å². The minimum Gasteiger partial charge on any atom is -0.383 e. The van der Waals surface area contributed by atoms with E-state index in [0.717, 1.165) is 14.0 Å². The molecular weight excluding hydrogens is 376 g/mol. The maximum absolute atomic E-state index is 12.5. The molecule has 0 bridgehead atoms. The minimum atomic E-state index is -0.0718. The lowest BCUT2D eigenvalue weighted by atomic mass is 10.2. The number of nitrogens with one attached hydrogen (secondary N) is 1. The number of carbonyl (C=O) groups excluding carboxylic acids is 1. The van der Waals surface area contributed by atoms with Crippen molar-refractivity contribution >= 4 is 43.4 Å². The largest absolute Gasteiger partial charge is 0.383 e. The molecule has 3 rings (SSSR count). The van der Waals surface area contributed by atoms with Gasteiger partial charge in [-0.2, -0.15) is 0 Å². The second-order valence-electron chi connectivity index (χ2n) is 5.15. The number of thiophene rings is 1. The molecule has 2 heterocycles. The van der Waals surface area contributed by atoms with Gasteiger partial charge in [-0.1, -0.05) is 30.3 Å². The van der Waals surface area contributed by atoms with E-state index in [1.807, 2.05) is 24.3 Å². The summed E-state index contributed by atoms with van der Waals surface area (Å²) < 4.78 is 9.22. The fraction of sp³-hybridized carbons (Fsp3) is 0.235. The van der Waals surface area contributed by atoms with Gasteiger partial charge in [-0.25, -0.2) is 0 Å². The van der Waals surface area contributed by atoms with Crippen LogP contribution in [0.15, 0.2) is 46.3 Å². The van der Waals surface area contributed by atoms with E-state index in [1.165, 1.54) is 5.56 Å². The van der Waals surface area contributed by atoms with Crippen LogP contribution in [0.25, 0.3) is 10.2 Å². The van der Waals surface area contributed by atoms with Gasteiger partial charge in [-0.15, -0.1) is 11.3 Å². The van der Waals surface area contributed by atoms with Crippen molar-refractivity contribution in [3.63, 3.8) is 0 Å². The number of rotatable bonds is 6. The summed E-state index contributed by atoms with van der Waals surface area (Å²) in [6.07, 6.45) is 0. The molecule has 0 saturated heterocycles. The van der Waals surface area contributed by atoms with Crippen molar-refractivity contribution in [2.24, 2.45) is 0 Å². The summed E-state index contributed by atoms with van der Waals surface area (Å²) in [6, 6.07) is 14.2. The summed E-state index contributed by atoms with van der Waals surface area (Å²) in [4.78, 5) is 12.5. The van der Waals surface area contributed by atoms with Gasteiger partial charge in [0.15, 0.2) is 0 Å². The molecule has 0 saturated carbocycles. The standard InChI is InChI=1S/C17H17BrN2O2S/c1-22-8-7-19-17(21)14-9-15-13(10-16(18)23-15)20(14)11-12-5-3-2-4-6-12/h2-6,9-10H,7-8,11H2,1H3,(H,19,21). The number of nitrogens with zero attached hydrogens (tertiary/aromatic N) is 1. The molecular formula is C17H17BrN2O2S. The van der Waals surface area contributed by atoms with Gasteiger partial charge < -0.3 is 14.6 Å². The van der Waals surface area contributed by atoms with Crippen LogP contribution in [-0.2, 0) is 11.3 Å². The Bertz CT molecular complexity index is 811. The SMILES string of the molecule is COCCNC(=O)c1cc2sc(Br)cc2n1Cc1ccccc1. The summed E-state index contributed by atoms with van der Waals surface area (Å²) in [5, 5.41) is 2.90. The van der Waals surface area contributed by atoms with Crippen LogP contribution < -0.4 is 5.32 Å². The molecule has 23 heavy (non-hydrogen) atoms. The number of amides is 1. The number of halogens is 1. The molecule has 0 unspecified atom stereocenters. The predicted molar refractivity (Wildman–Crippen MR) is 97.3 cm³/mol.